The summed E-state index contributed by atoms with van der Waals surface area (Å²) in [5, 5.41) is 3.04. The monoisotopic (exact) mass is 525 g/mol. The van der Waals surface area contributed by atoms with Gasteiger partial charge in [0, 0.05) is 32.1 Å². The zero-order valence-electron chi connectivity index (χ0n) is 21.4. The van der Waals surface area contributed by atoms with Crippen LogP contribution in [0.3, 0.4) is 0 Å². The van der Waals surface area contributed by atoms with Crippen LogP contribution in [0.1, 0.15) is 36.3 Å². The van der Waals surface area contributed by atoms with Crippen LogP contribution < -0.4 is 5.32 Å². The Morgan fingerprint density at radius 2 is 1.74 bits per heavy atom. The minimum Gasteiger partial charge on any atom is -0.468 e. The molecule has 2 heterocycles. The summed E-state index contributed by atoms with van der Waals surface area (Å²) in [6.07, 6.45) is 4.31. The highest BCUT2D eigenvalue weighted by atomic mass is 19.1. The lowest BCUT2D eigenvalue weighted by molar-refractivity contribution is -0.146. The molecule has 1 amide bonds. The maximum absolute atomic E-state index is 13.6. The minimum atomic E-state index is -0.731. The topological polar surface area (TPSA) is 79.0 Å². The van der Waals surface area contributed by atoms with E-state index in [9.17, 15) is 23.2 Å². The number of nitrogens with zero attached hydrogens (tertiary/aromatic N) is 2. The highest BCUT2D eigenvalue weighted by Crippen LogP contribution is 2.29. The van der Waals surface area contributed by atoms with Gasteiger partial charge in [0.1, 0.15) is 17.7 Å². The minimum absolute atomic E-state index is 0.0510. The van der Waals surface area contributed by atoms with Crippen LogP contribution in [0.25, 0.3) is 6.08 Å². The molecule has 0 aliphatic carbocycles. The molecule has 0 aromatic heterocycles. The number of piperazine rings is 1. The quantitative estimate of drug-likeness (QED) is 0.422. The Bertz CT molecular complexity index is 1150. The van der Waals surface area contributed by atoms with Crippen LogP contribution in [0.5, 0.6) is 0 Å². The van der Waals surface area contributed by atoms with Crippen LogP contribution in [0, 0.1) is 11.6 Å². The molecule has 202 valence electrons. The number of piperidine rings is 1. The van der Waals surface area contributed by atoms with Crippen LogP contribution in [0.2, 0.25) is 0 Å². The van der Waals surface area contributed by atoms with E-state index < -0.39 is 29.7 Å². The van der Waals surface area contributed by atoms with Gasteiger partial charge >= 0.3 is 5.97 Å². The number of carbonyl (C=O) groups excluding carboxylic acids is 3. The summed E-state index contributed by atoms with van der Waals surface area (Å²) >= 11 is 0. The number of esters is 1. The molecule has 2 aliphatic heterocycles. The molecule has 9 heteroatoms. The zero-order valence-corrected chi connectivity index (χ0v) is 21.4. The van der Waals surface area contributed by atoms with Crippen molar-refractivity contribution in [3.63, 3.8) is 0 Å². The maximum Gasteiger partial charge on any atom is 0.324 e. The molecule has 2 aliphatic rings. The number of halogens is 2. The van der Waals surface area contributed by atoms with E-state index in [1.807, 2.05) is 23.1 Å². The summed E-state index contributed by atoms with van der Waals surface area (Å²) in [5.74, 6) is -2.06. The number of benzene rings is 2. The van der Waals surface area contributed by atoms with Crippen LogP contribution in [-0.4, -0.2) is 79.4 Å². The molecule has 1 N–H and O–H groups in total. The number of ether oxygens (including phenoxy) is 1. The van der Waals surface area contributed by atoms with Crippen molar-refractivity contribution in [3.8, 4) is 0 Å². The predicted molar refractivity (Wildman–Crippen MR) is 139 cm³/mol. The van der Waals surface area contributed by atoms with E-state index in [-0.39, 0.29) is 30.2 Å². The molecule has 0 radical (unpaired) electrons. The third kappa shape index (κ3) is 7.11. The SMILES string of the molecule is COC(=O)C1CN(C(=O)CC(C(=O)/C=C/c2cc(F)cc(F)c2)N2CCC(c3ccccc3)CC2)CCN1. The van der Waals surface area contributed by atoms with Crippen molar-refractivity contribution in [2.75, 3.05) is 39.8 Å². The first-order valence-electron chi connectivity index (χ1n) is 12.9. The molecule has 2 unspecified atom stereocenters. The Morgan fingerprint density at radius 3 is 2.39 bits per heavy atom. The number of hydrogen-bond donors (Lipinski definition) is 1. The van der Waals surface area contributed by atoms with Crippen LogP contribution >= 0.6 is 0 Å². The lowest BCUT2D eigenvalue weighted by Gasteiger charge is -2.38. The summed E-state index contributed by atoms with van der Waals surface area (Å²) < 4.78 is 32.0. The largest absolute Gasteiger partial charge is 0.468 e. The Hall–Kier alpha value is -3.43. The van der Waals surface area contributed by atoms with E-state index in [1.165, 1.54) is 24.8 Å². The van der Waals surface area contributed by atoms with Gasteiger partial charge in [-0.3, -0.25) is 19.3 Å². The molecule has 38 heavy (non-hydrogen) atoms. The van der Waals surface area contributed by atoms with Crippen LogP contribution in [0.15, 0.2) is 54.6 Å². The Labute approximate surface area is 221 Å². The van der Waals surface area contributed by atoms with Gasteiger partial charge in [-0.1, -0.05) is 36.4 Å². The summed E-state index contributed by atoms with van der Waals surface area (Å²) in [6.45, 7) is 2.30. The maximum atomic E-state index is 13.6. The van der Waals surface area contributed by atoms with Gasteiger partial charge in [-0.25, -0.2) is 8.78 Å². The van der Waals surface area contributed by atoms with Gasteiger partial charge in [0.15, 0.2) is 5.78 Å². The average molecular weight is 526 g/mol. The first-order valence-corrected chi connectivity index (χ1v) is 12.9. The van der Waals surface area contributed by atoms with Crippen molar-refractivity contribution in [3.05, 3.63) is 77.4 Å². The van der Waals surface area contributed by atoms with Gasteiger partial charge in [0.2, 0.25) is 5.91 Å². The molecule has 2 atom stereocenters. The second-order valence-electron chi connectivity index (χ2n) is 9.75. The molecule has 2 saturated heterocycles. The summed E-state index contributed by atoms with van der Waals surface area (Å²) in [5.41, 5.74) is 1.49. The van der Waals surface area contributed by atoms with E-state index in [2.05, 4.69) is 17.4 Å². The molecule has 2 aromatic rings. The Morgan fingerprint density at radius 1 is 1.05 bits per heavy atom. The summed E-state index contributed by atoms with van der Waals surface area (Å²) in [7, 11) is 1.30. The molecule has 0 bridgehead atoms. The van der Waals surface area contributed by atoms with Gasteiger partial charge in [-0.2, -0.15) is 0 Å². The van der Waals surface area contributed by atoms with Crippen molar-refractivity contribution in [1.29, 1.82) is 0 Å². The van der Waals surface area contributed by atoms with Gasteiger partial charge in [0.05, 0.1) is 13.2 Å². The second kappa shape index (κ2) is 12.9. The Balaban J connectivity index is 1.48. The van der Waals surface area contributed by atoms with Gasteiger partial charge < -0.3 is 15.0 Å². The van der Waals surface area contributed by atoms with E-state index in [0.29, 0.717) is 32.1 Å². The molecule has 0 spiro atoms. The van der Waals surface area contributed by atoms with Crippen LogP contribution in [-0.2, 0) is 19.1 Å². The number of ketones is 1. The highest BCUT2D eigenvalue weighted by molar-refractivity contribution is 6.00. The fraction of sp³-hybridized carbons (Fsp3) is 0.414. The second-order valence-corrected chi connectivity index (χ2v) is 9.75. The molecule has 7 nitrogen and oxygen atoms in total. The zero-order chi connectivity index (χ0) is 27.1. The number of amides is 1. The number of carbonyl (C=O) groups is 3. The first-order chi connectivity index (χ1) is 18.3. The number of nitrogens with one attached hydrogen (secondary N) is 1. The first kappa shape index (κ1) is 27.6. The summed E-state index contributed by atoms with van der Waals surface area (Å²) in [6, 6.07) is 12.0. The highest BCUT2D eigenvalue weighted by Gasteiger charge is 2.34. The van der Waals surface area contributed by atoms with Gasteiger partial charge in [-0.15, -0.1) is 0 Å². The van der Waals surface area contributed by atoms with Gasteiger partial charge in [-0.05, 0) is 61.2 Å². The number of rotatable bonds is 8. The molecule has 0 saturated carbocycles. The fourth-order valence-corrected chi connectivity index (χ4v) is 5.21. The molecule has 4 rings (SSSR count). The van der Waals surface area contributed by atoms with Crippen molar-refractivity contribution in [2.45, 2.75) is 37.3 Å². The Kier molecular flexibility index (Phi) is 9.36. The summed E-state index contributed by atoms with van der Waals surface area (Å²) in [4.78, 5) is 42.3. The number of hydrogen-bond acceptors (Lipinski definition) is 6. The standard InChI is InChI=1S/C29H33F2N3O4/c1-38-29(37)25-19-34(14-11-32-25)28(36)18-26(27(35)8-7-20-15-23(30)17-24(31)16-20)33-12-9-22(10-13-33)21-5-3-2-4-6-21/h2-8,15-17,22,25-26,32H,9-14,18-19H2,1H3/b8-7+. The van der Waals surface area contributed by atoms with Crippen molar-refractivity contribution >= 4 is 23.7 Å². The lowest BCUT2D eigenvalue weighted by Crippen LogP contribution is -2.57. The molecule has 2 fully saturated rings. The fourth-order valence-electron chi connectivity index (χ4n) is 5.21. The predicted octanol–water partition coefficient (Wildman–Crippen LogP) is 3.16. The van der Waals surface area contributed by atoms with Crippen molar-refractivity contribution in [1.82, 2.24) is 15.1 Å². The average Bonchev–Trinajstić information content (AvgIpc) is 2.94. The molecule has 2 aromatic carbocycles. The normalized spacial score (nSPS) is 19.9. The van der Waals surface area contributed by atoms with Crippen molar-refractivity contribution in [2.24, 2.45) is 0 Å². The van der Waals surface area contributed by atoms with Gasteiger partial charge in [0.25, 0.3) is 0 Å². The van der Waals surface area contributed by atoms with E-state index in [0.717, 1.165) is 31.0 Å². The lowest BCUT2D eigenvalue weighted by atomic mass is 9.88. The molecular formula is C29H33F2N3O4. The third-order valence-electron chi connectivity index (χ3n) is 7.28. The molecular weight excluding hydrogens is 492 g/mol. The van der Waals surface area contributed by atoms with Crippen LogP contribution in [0.4, 0.5) is 8.78 Å². The number of likely N-dealkylation sites (tertiary alicyclic amines) is 1. The van der Waals surface area contributed by atoms with E-state index in [4.69, 9.17) is 4.74 Å². The van der Waals surface area contributed by atoms with Crippen molar-refractivity contribution < 1.29 is 27.9 Å². The van der Waals surface area contributed by atoms with E-state index >= 15 is 0 Å². The van der Waals surface area contributed by atoms with E-state index in [1.54, 1.807) is 4.90 Å². The number of methoxy groups -OCH3 is 1. The smallest absolute Gasteiger partial charge is 0.324 e. The third-order valence-corrected chi connectivity index (χ3v) is 7.28.